The molecule has 2 aliphatic heterocycles. The molecule has 0 saturated carbocycles. The van der Waals surface area contributed by atoms with Crippen molar-refractivity contribution in [1.29, 1.82) is 0 Å². The fraction of sp³-hybridized carbons (Fsp3) is 0.478. The maximum absolute atomic E-state index is 13.8. The second kappa shape index (κ2) is 25.5. The van der Waals surface area contributed by atoms with Crippen LogP contribution in [0.2, 0.25) is 0 Å². The Morgan fingerprint density at radius 3 is 1.30 bits per heavy atom. The van der Waals surface area contributed by atoms with E-state index in [9.17, 15) is 19.2 Å². The van der Waals surface area contributed by atoms with E-state index in [1.807, 2.05) is 49.6 Å². The Hall–Kier alpha value is -4.60. The molecule has 66 heavy (non-hydrogen) atoms. The van der Waals surface area contributed by atoms with E-state index in [0.717, 1.165) is 81.7 Å². The Morgan fingerprint density at radius 1 is 0.591 bits per heavy atom. The van der Waals surface area contributed by atoms with Gasteiger partial charge >= 0.3 is 12.2 Å². The van der Waals surface area contributed by atoms with E-state index in [-0.39, 0.29) is 116 Å². The zero-order valence-corrected chi connectivity index (χ0v) is 42.4. The zero-order chi connectivity index (χ0) is 43.9. The highest BCUT2D eigenvalue weighted by Gasteiger charge is 2.39. The lowest BCUT2D eigenvalue weighted by Gasteiger charge is -2.30. The quantitative estimate of drug-likeness (QED) is 0.0727. The zero-order valence-electron chi connectivity index (χ0n) is 38.4. The number of carbonyl (C=O) groups is 4. The number of hydrogen-bond acceptors (Lipinski definition) is 10. The number of ether oxygens (including phenoxy) is 4. The minimum Gasteiger partial charge on any atom is -0.447 e. The number of H-pyrrole nitrogens is 2. The minimum absolute atomic E-state index is 0. The SMILES string of the molecule is COCCOC(=O)N[C@H](C(=O)N1CCC[C@H]1c1nc2ccc(-c3ccc(-c4ccc5nc([C@@H]6CCCN6C(=O)[C@@H](NC(=O)OCCOC)C(C)C)[nH]c5c4)cc3)cc2[nH]1)C(C)C.S.S.S.S. The van der Waals surface area contributed by atoms with Gasteiger partial charge in [-0.2, -0.15) is 54.0 Å². The first-order chi connectivity index (χ1) is 29.9. The Kier molecular flexibility index (Phi) is 21.5. The highest BCUT2D eigenvalue weighted by atomic mass is 32.1. The van der Waals surface area contributed by atoms with Gasteiger partial charge in [0.1, 0.15) is 36.9 Å². The maximum Gasteiger partial charge on any atom is 0.407 e. The van der Waals surface area contributed by atoms with E-state index >= 15 is 0 Å². The molecule has 0 unspecified atom stereocenters. The second-order valence-electron chi connectivity index (χ2n) is 16.7. The molecular weight excluding hydrogens is 921 g/mol. The summed E-state index contributed by atoms with van der Waals surface area (Å²) in [6, 6.07) is 18.7. The van der Waals surface area contributed by atoms with E-state index in [4.69, 9.17) is 28.9 Å². The van der Waals surface area contributed by atoms with E-state index in [0.29, 0.717) is 13.1 Å². The van der Waals surface area contributed by atoms with Crippen molar-refractivity contribution in [3.05, 3.63) is 72.3 Å². The normalized spacial score (nSPS) is 16.5. The van der Waals surface area contributed by atoms with Crippen molar-refractivity contribution >= 4 is 100 Å². The standard InChI is InChI=1S/C46H58N8O8.4H2S/c1-27(2)39(51-45(57)61-23-21-59-5)43(55)53-19-7-9-37(53)41-47-33-17-15-31(25-35(33)49-41)29-11-13-30(14-12-29)32-16-18-34-36(26-32)50-42(48-34)38-10-8-20-54(38)44(56)40(28(3)4)52-46(58)62-24-22-60-6;;;;/h11-18,25-28,37-40H,7-10,19-24H2,1-6H3,(H,47,49)(H,48,50)(H,51,57)(H,52,58);4*1H2/t37-,38-,39-,40-;;;;/m0..../s1. The highest BCUT2D eigenvalue weighted by Crippen LogP contribution is 2.36. The van der Waals surface area contributed by atoms with Gasteiger partial charge in [-0.05, 0) is 84.0 Å². The number of imidazole rings is 2. The summed E-state index contributed by atoms with van der Waals surface area (Å²) >= 11 is 0. The van der Waals surface area contributed by atoms with Gasteiger partial charge in [0.2, 0.25) is 11.8 Å². The van der Waals surface area contributed by atoms with Gasteiger partial charge < -0.3 is 49.3 Å². The number of amides is 4. The van der Waals surface area contributed by atoms with Crippen LogP contribution in [0.25, 0.3) is 44.3 Å². The predicted molar refractivity (Wildman–Crippen MR) is 275 cm³/mol. The molecule has 0 radical (unpaired) electrons. The highest BCUT2D eigenvalue weighted by molar-refractivity contribution is 7.59. The average Bonchev–Trinajstić information content (AvgIpc) is 4.10. The van der Waals surface area contributed by atoms with Gasteiger partial charge in [-0.3, -0.25) is 9.59 Å². The van der Waals surface area contributed by atoms with Crippen molar-refractivity contribution in [3.63, 3.8) is 0 Å². The third-order valence-electron chi connectivity index (χ3n) is 11.7. The molecule has 20 heteroatoms. The molecule has 2 aliphatic rings. The lowest BCUT2D eigenvalue weighted by molar-refractivity contribution is -0.136. The number of fused-ring (bicyclic) bond motifs is 2. The van der Waals surface area contributed by atoms with Crippen LogP contribution < -0.4 is 10.6 Å². The Morgan fingerprint density at radius 2 is 0.955 bits per heavy atom. The number of likely N-dealkylation sites (tertiary alicyclic amines) is 2. The van der Waals surface area contributed by atoms with Crippen molar-refractivity contribution < 1.29 is 38.1 Å². The molecule has 7 rings (SSSR count). The van der Waals surface area contributed by atoms with E-state index in [1.165, 1.54) is 14.2 Å². The summed E-state index contributed by atoms with van der Waals surface area (Å²) in [6.45, 7) is 9.52. The molecule has 3 aromatic carbocycles. The first-order valence-corrected chi connectivity index (χ1v) is 21.5. The average molecular weight is 987 g/mol. The van der Waals surface area contributed by atoms with Gasteiger partial charge in [-0.1, -0.05) is 64.1 Å². The lowest BCUT2D eigenvalue weighted by atomic mass is 10.00. The molecular formula is C46H66N8O8S4. The van der Waals surface area contributed by atoms with Crippen molar-refractivity contribution in [2.75, 3.05) is 53.7 Å². The lowest BCUT2D eigenvalue weighted by Crippen LogP contribution is -2.51. The van der Waals surface area contributed by atoms with Crippen LogP contribution in [-0.2, 0) is 28.5 Å². The smallest absolute Gasteiger partial charge is 0.407 e. The van der Waals surface area contributed by atoms with Crippen LogP contribution in [0.1, 0.15) is 77.1 Å². The van der Waals surface area contributed by atoms with E-state index in [1.54, 1.807) is 0 Å². The Bertz CT molecular complexity index is 2220. The Labute approximate surface area is 414 Å². The summed E-state index contributed by atoms with van der Waals surface area (Å²) < 4.78 is 20.3. The number of nitrogens with zero attached hydrogens (tertiary/aromatic N) is 4. The summed E-state index contributed by atoms with van der Waals surface area (Å²) in [4.78, 5) is 73.0. The minimum atomic E-state index is -0.734. The van der Waals surface area contributed by atoms with E-state index < -0.39 is 24.3 Å². The van der Waals surface area contributed by atoms with Crippen molar-refractivity contribution in [3.8, 4) is 22.3 Å². The number of nitrogens with one attached hydrogen (secondary N) is 4. The predicted octanol–water partition coefficient (Wildman–Crippen LogP) is 7.35. The second-order valence-corrected chi connectivity index (χ2v) is 16.7. The molecule has 0 aliphatic carbocycles. The number of hydrogen-bond donors (Lipinski definition) is 4. The molecule has 4 heterocycles. The number of benzene rings is 3. The van der Waals surface area contributed by atoms with Crippen LogP contribution in [-0.4, -0.2) is 120 Å². The monoisotopic (exact) mass is 986 g/mol. The molecule has 2 aromatic heterocycles. The van der Waals surface area contributed by atoms with Gasteiger partial charge in [-0.15, -0.1) is 0 Å². The van der Waals surface area contributed by atoms with Gasteiger partial charge in [0.25, 0.3) is 0 Å². The summed E-state index contributed by atoms with van der Waals surface area (Å²) in [7, 11) is 3.06. The third kappa shape index (κ3) is 12.9. The molecule has 362 valence electrons. The third-order valence-corrected chi connectivity index (χ3v) is 11.7. The molecule has 4 atom stereocenters. The number of alkyl carbamates (subject to hydrolysis) is 2. The maximum atomic E-state index is 13.8. The summed E-state index contributed by atoms with van der Waals surface area (Å²) in [5.74, 6) is 0.848. The summed E-state index contributed by atoms with van der Waals surface area (Å²) in [5, 5.41) is 5.52. The first kappa shape index (κ1) is 55.7. The number of methoxy groups -OCH3 is 2. The van der Waals surface area contributed by atoms with E-state index in [2.05, 4.69) is 69.1 Å². The molecule has 4 N–H and O–H groups in total. The van der Waals surface area contributed by atoms with Gasteiger partial charge in [0.15, 0.2) is 0 Å². The molecule has 5 aromatic rings. The Balaban J connectivity index is 0.00000289. The molecule has 16 nitrogen and oxygen atoms in total. The number of rotatable bonds is 16. The van der Waals surface area contributed by atoms with Crippen LogP contribution >= 0.6 is 54.0 Å². The largest absolute Gasteiger partial charge is 0.447 e. The summed E-state index contributed by atoms with van der Waals surface area (Å²) in [6.07, 6.45) is 1.90. The number of aromatic amines is 2. The fourth-order valence-corrected chi connectivity index (χ4v) is 8.38. The first-order valence-electron chi connectivity index (χ1n) is 21.5. The van der Waals surface area contributed by atoms with Gasteiger partial charge in [0, 0.05) is 27.3 Å². The molecule has 4 amide bonds. The van der Waals surface area contributed by atoms with Crippen molar-refractivity contribution in [2.45, 2.75) is 77.5 Å². The molecule has 2 saturated heterocycles. The number of aromatic nitrogens is 4. The van der Waals surface area contributed by atoms with Crippen LogP contribution in [0.3, 0.4) is 0 Å². The van der Waals surface area contributed by atoms with Crippen molar-refractivity contribution in [2.24, 2.45) is 11.8 Å². The topological polar surface area (TPSA) is 193 Å². The van der Waals surface area contributed by atoms with Crippen LogP contribution in [0.5, 0.6) is 0 Å². The van der Waals surface area contributed by atoms with Crippen LogP contribution in [0, 0.1) is 11.8 Å². The molecule has 0 bridgehead atoms. The van der Waals surface area contributed by atoms with Gasteiger partial charge in [-0.25, -0.2) is 19.6 Å². The molecule has 0 spiro atoms. The van der Waals surface area contributed by atoms with Gasteiger partial charge in [0.05, 0.1) is 47.4 Å². The summed E-state index contributed by atoms with van der Waals surface area (Å²) in [5.41, 5.74) is 7.51. The van der Waals surface area contributed by atoms with Crippen LogP contribution in [0.15, 0.2) is 60.7 Å². The number of carbonyl (C=O) groups excluding carboxylic acids is 4. The fourth-order valence-electron chi connectivity index (χ4n) is 8.38. The molecule has 2 fully saturated rings. The van der Waals surface area contributed by atoms with Crippen molar-refractivity contribution in [1.82, 2.24) is 40.4 Å². The van der Waals surface area contributed by atoms with Crippen LogP contribution in [0.4, 0.5) is 9.59 Å².